The molecule has 94 valence electrons. The molecule has 2 heterocycles. The van der Waals surface area contributed by atoms with Crippen molar-refractivity contribution >= 4 is 16.9 Å². The highest BCUT2D eigenvalue weighted by Crippen LogP contribution is 2.29. The minimum Gasteiger partial charge on any atom is -0.464 e. The summed E-state index contributed by atoms with van der Waals surface area (Å²) < 4.78 is 7.12. The van der Waals surface area contributed by atoms with Crippen molar-refractivity contribution < 1.29 is 9.53 Å². The van der Waals surface area contributed by atoms with Gasteiger partial charge in [0.2, 0.25) is 0 Å². The lowest BCUT2D eigenvalue weighted by Gasteiger charge is -2.22. The topological polar surface area (TPSA) is 43.3 Å². The number of hydrogen-bond acceptors (Lipinski definition) is 3. The van der Waals surface area contributed by atoms with Gasteiger partial charge in [-0.25, -0.2) is 4.79 Å². The van der Waals surface area contributed by atoms with Crippen LogP contribution in [0.25, 0.3) is 10.9 Å². The Kier molecular flexibility index (Phi) is 2.33. The third kappa shape index (κ3) is 1.49. The number of nitrogens with one attached hydrogen (secondary N) is 1. The first-order valence-corrected chi connectivity index (χ1v) is 6.19. The third-order valence-electron chi connectivity index (χ3n) is 3.41. The van der Waals surface area contributed by atoms with E-state index in [1.807, 2.05) is 36.7 Å². The number of carbonyl (C=O) groups is 1. The van der Waals surface area contributed by atoms with Crippen LogP contribution in [0.5, 0.6) is 0 Å². The maximum Gasteiger partial charge on any atom is 0.333 e. The standard InChI is InChI=1S/C14H16N2O2/c1-3-18-13(17)14(2)9-11-8-10-6-4-5-7-12(10)16(11)15-14/h4-8,15H,3,9H2,1-2H3/t14-/m1/s1. The zero-order chi connectivity index (χ0) is 12.8. The maximum atomic E-state index is 12.0. The van der Waals surface area contributed by atoms with Crippen molar-refractivity contribution in [3.8, 4) is 0 Å². The van der Waals surface area contributed by atoms with E-state index < -0.39 is 5.54 Å². The first-order valence-electron chi connectivity index (χ1n) is 6.19. The van der Waals surface area contributed by atoms with Gasteiger partial charge in [0.05, 0.1) is 12.1 Å². The molecule has 2 aromatic rings. The lowest BCUT2D eigenvalue weighted by atomic mass is 9.98. The van der Waals surface area contributed by atoms with Crippen LogP contribution in [0.2, 0.25) is 0 Å². The van der Waals surface area contributed by atoms with Gasteiger partial charge in [0.25, 0.3) is 0 Å². The second-order valence-corrected chi connectivity index (χ2v) is 4.87. The van der Waals surface area contributed by atoms with Crippen LogP contribution >= 0.6 is 0 Å². The molecule has 0 fully saturated rings. The minimum atomic E-state index is -0.657. The van der Waals surface area contributed by atoms with Crippen molar-refractivity contribution in [1.29, 1.82) is 0 Å². The van der Waals surface area contributed by atoms with E-state index in [4.69, 9.17) is 4.74 Å². The van der Waals surface area contributed by atoms with Gasteiger partial charge in [-0.3, -0.25) is 4.68 Å². The van der Waals surface area contributed by atoms with Crippen LogP contribution in [0, 0.1) is 0 Å². The quantitative estimate of drug-likeness (QED) is 0.822. The van der Waals surface area contributed by atoms with Gasteiger partial charge in [-0.2, -0.15) is 0 Å². The van der Waals surface area contributed by atoms with Gasteiger partial charge in [0.1, 0.15) is 0 Å². The molecule has 0 aliphatic carbocycles. The highest BCUT2D eigenvalue weighted by atomic mass is 16.5. The highest BCUT2D eigenvalue weighted by Gasteiger charge is 2.41. The Morgan fingerprint density at radius 2 is 2.28 bits per heavy atom. The van der Waals surface area contributed by atoms with Crippen molar-refractivity contribution in [2.75, 3.05) is 12.0 Å². The number of rotatable bonds is 2. The molecule has 1 aromatic carbocycles. The number of aromatic nitrogens is 1. The lowest BCUT2D eigenvalue weighted by Crippen LogP contribution is -2.45. The number of ether oxygens (including phenoxy) is 1. The summed E-state index contributed by atoms with van der Waals surface area (Å²) in [5.41, 5.74) is 4.82. The fourth-order valence-electron chi connectivity index (χ4n) is 2.53. The third-order valence-corrected chi connectivity index (χ3v) is 3.41. The summed E-state index contributed by atoms with van der Waals surface area (Å²) in [6.07, 6.45) is 0.653. The van der Waals surface area contributed by atoms with E-state index in [2.05, 4.69) is 17.6 Å². The molecule has 3 rings (SSSR count). The predicted molar refractivity (Wildman–Crippen MR) is 70.0 cm³/mol. The molecule has 0 radical (unpaired) electrons. The first-order chi connectivity index (χ1) is 8.64. The van der Waals surface area contributed by atoms with E-state index in [1.165, 1.54) is 5.39 Å². The average Bonchev–Trinajstić information content (AvgIpc) is 2.84. The Labute approximate surface area is 106 Å². The molecule has 0 unspecified atom stereocenters. The Balaban J connectivity index is 1.98. The Bertz CT molecular complexity index is 617. The van der Waals surface area contributed by atoms with Gasteiger partial charge >= 0.3 is 5.97 Å². The summed E-state index contributed by atoms with van der Waals surface area (Å²) in [7, 11) is 0. The van der Waals surface area contributed by atoms with Gasteiger partial charge in [0.15, 0.2) is 5.54 Å². The van der Waals surface area contributed by atoms with Crippen LogP contribution in [0.3, 0.4) is 0 Å². The molecule has 0 amide bonds. The largest absolute Gasteiger partial charge is 0.464 e. The number of para-hydroxylation sites is 1. The summed E-state index contributed by atoms with van der Waals surface area (Å²) in [5, 5.41) is 1.19. The molecule has 4 heteroatoms. The molecule has 0 spiro atoms. The molecule has 1 aromatic heterocycles. The minimum absolute atomic E-state index is 0.196. The van der Waals surface area contributed by atoms with E-state index in [-0.39, 0.29) is 5.97 Å². The molecule has 18 heavy (non-hydrogen) atoms. The second kappa shape index (κ2) is 3.77. The smallest absolute Gasteiger partial charge is 0.333 e. The van der Waals surface area contributed by atoms with Crippen LogP contribution in [0.15, 0.2) is 30.3 Å². The second-order valence-electron chi connectivity index (χ2n) is 4.87. The van der Waals surface area contributed by atoms with Gasteiger partial charge in [-0.1, -0.05) is 18.2 Å². The van der Waals surface area contributed by atoms with Crippen LogP contribution in [-0.2, 0) is 16.0 Å². The summed E-state index contributed by atoms with van der Waals surface area (Å²) in [6.45, 7) is 4.12. The molecule has 0 saturated heterocycles. The fourth-order valence-corrected chi connectivity index (χ4v) is 2.53. The van der Waals surface area contributed by atoms with Crippen molar-refractivity contribution in [3.63, 3.8) is 0 Å². The molecule has 1 N–H and O–H groups in total. The van der Waals surface area contributed by atoms with E-state index in [0.29, 0.717) is 13.0 Å². The number of nitrogens with zero attached hydrogens (tertiary/aromatic N) is 1. The molecular formula is C14H16N2O2. The normalized spacial score (nSPS) is 21.7. The lowest BCUT2D eigenvalue weighted by molar-refractivity contribution is -0.147. The monoisotopic (exact) mass is 244 g/mol. The van der Waals surface area contributed by atoms with Crippen LogP contribution in [0.4, 0.5) is 0 Å². The molecule has 0 bridgehead atoms. The van der Waals surface area contributed by atoms with Gasteiger partial charge in [-0.05, 0) is 26.0 Å². The van der Waals surface area contributed by atoms with Gasteiger partial charge in [-0.15, -0.1) is 0 Å². The SMILES string of the molecule is CCOC(=O)[C@@]1(C)Cc2cc3ccccc3n2N1. The van der Waals surface area contributed by atoms with Crippen molar-refractivity contribution in [2.24, 2.45) is 0 Å². The Morgan fingerprint density at radius 1 is 1.50 bits per heavy atom. The molecule has 1 aliphatic heterocycles. The molecule has 4 nitrogen and oxygen atoms in total. The van der Waals surface area contributed by atoms with E-state index >= 15 is 0 Å². The first kappa shape index (κ1) is 11.1. The van der Waals surface area contributed by atoms with Gasteiger partial charge in [0, 0.05) is 17.5 Å². The van der Waals surface area contributed by atoms with Crippen molar-refractivity contribution in [3.05, 3.63) is 36.0 Å². The van der Waals surface area contributed by atoms with Gasteiger partial charge < -0.3 is 10.2 Å². The molecular weight excluding hydrogens is 228 g/mol. The van der Waals surface area contributed by atoms with E-state index in [9.17, 15) is 4.79 Å². The summed E-state index contributed by atoms with van der Waals surface area (Å²) in [5.74, 6) is -0.196. The van der Waals surface area contributed by atoms with E-state index in [1.54, 1.807) is 0 Å². The number of fused-ring (bicyclic) bond motifs is 3. The molecule has 1 atom stereocenters. The molecule has 1 aliphatic rings. The Hall–Kier alpha value is -1.97. The van der Waals surface area contributed by atoms with E-state index in [0.717, 1.165) is 11.2 Å². The highest BCUT2D eigenvalue weighted by molar-refractivity contribution is 5.87. The molecule has 0 saturated carbocycles. The van der Waals surface area contributed by atoms with Crippen molar-refractivity contribution in [1.82, 2.24) is 4.68 Å². The average molecular weight is 244 g/mol. The van der Waals surface area contributed by atoms with Crippen LogP contribution in [-0.4, -0.2) is 22.8 Å². The van der Waals surface area contributed by atoms with Crippen LogP contribution < -0.4 is 5.43 Å². The number of esters is 1. The summed E-state index contributed by atoms with van der Waals surface area (Å²) in [6, 6.07) is 10.2. The van der Waals surface area contributed by atoms with Crippen LogP contribution in [0.1, 0.15) is 19.5 Å². The zero-order valence-corrected chi connectivity index (χ0v) is 10.6. The summed E-state index contributed by atoms with van der Waals surface area (Å²) >= 11 is 0. The number of benzene rings is 1. The zero-order valence-electron chi connectivity index (χ0n) is 10.6. The maximum absolute atomic E-state index is 12.0. The van der Waals surface area contributed by atoms with Crippen molar-refractivity contribution in [2.45, 2.75) is 25.8 Å². The number of carbonyl (C=O) groups excluding carboxylic acids is 1. The number of hydrogen-bond donors (Lipinski definition) is 1. The predicted octanol–water partition coefficient (Wildman–Crippen LogP) is 2.06. The Morgan fingerprint density at radius 3 is 3.06 bits per heavy atom. The summed E-state index contributed by atoms with van der Waals surface area (Å²) in [4.78, 5) is 12.0. The fraction of sp³-hybridized carbons (Fsp3) is 0.357.